The molecule has 0 radical (unpaired) electrons. The van der Waals surface area contributed by atoms with Gasteiger partial charge in [-0.1, -0.05) is 0 Å². The molecule has 0 aromatic carbocycles. The van der Waals surface area contributed by atoms with E-state index in [1.165, 1.54) is 11.5 Å². The maximum atomic E-state index is 4.63. The van der Waals surface area contributed by atoms with E-state index in [1.807, 2.05) is 6.92 Å². The summed E-state index contributed by atoms with van der Waals surface area (Å²) in [6.07, 6.45) is 0. The van der Waals surface area contributed by atoms with E-state index in [0.29, 0.717) is 6.54 Å². The third kappa shape index (κ3) is 2.02. The fourth-order valence-electron chi connectivity index (χ4n) is 0.550. The van der Waals surface area contributed by atoms with E-state index < -0.39 is 0 Å². The lowest BCUT2D eigenvalue weighted by atomic mass is 10.6. The number of nitrogens with one attached hydrogen (secondary N) is 1. The van der Waals surface area contributed by atoms with E-state index in [2.05, 4.69) is 19.7 Å². The largest absolute Gasteiger partial charge is 0.305 e. The third-order valence-corrected chi connectivity index (χ3v) is 1.60. The second-order valence-electron chi connectivity index (χ2n) is 1.75. The number of nitrogens with zero attached hydrogens (tertiary/aromatic N) is 2. The molecule has 0 atom stereocenters. The highest BCUT2D eigenvalue weighted by Gasteiger charge is 1.97. The average molecular weight is 159 g/mol. The molecule has 0 unspecified atom stereocenters. The Bertz CT molecular complexity index is 201. The minimum atomic E-state index is 0.570. The van der Waals surface area contributed by atoms with Crippen molar-refractivity contribution in [3.8, 4) is 0 Å². The Labute approximate surface area is 63.4 Å². The first-order chi connectivity index (χ1) is 4.83. The minimum Gasteiger partial charge on any atom is -0.305 e. The lowest BCUT2D eigenvalue weighted by molar-refractivity contribution is 0.0851. The van der Waals surface area contributed by atoms with Gasteiger partial charge in [0.2, 0.25) is 0 Å². The zero-order valence-corrected chi connectivity index (χ0v) is 6.73. The highest BCUT2D eigenvalue weighted by molar-refractivity contribution is 7.05. The molecule has 0 spiro atoms. The first-order valence-electron chi connectivity index (χ1n) is 2.88. The molecule has 0 aliphatic rings. The first kappa shape index (κ1) is 7.59. The summed E-state index contributed by atoms with van der Waals surface area (Å²) in [5, 5.41) is 0.980. The molecule has 1 aromatic heterocycles. The Morgan fingerprint density at radius 1 is 1.70 bits per heavy atom. The monoisotopic (exact) mass is 159 g/mol. The van der Waals surface area contributed by atoms with Crippen LogP contribution in [0.15, 0.2) is 0 Å². The molecule has 1 heterocycles. The zero-order chi connectivity index (χ0) is 7.40. The highest BCUT2D eigenvalue weighted by atomic mass is 32.1. The van der Waals surface area contributed by atoms with Crippen molar-refractivity contribution in [2.24, 2.45) is 0 Å². The van der Waals surface area contributed by atoms with Crippen LogP contribution in [0.25, 0.3) is 0 Å². The van der Waals surface area contributed by atoms with E-state index >= 15 is 0 Å². The van der Waals surface area contributed by atoms with E-state index in [-0.39, 0.29) is 0 Å². The van der Waals surface area contributed by atoms with Gasteiger partial charge in [0.25, 0.3) is 0 Å². The molecular weight excluding hydrogens is 150 g/mol. The summed E-state index contributed by atoms with van der Waals surface area (Å²) in [5.74, 6) is 0.782. The van der Waals surface area contributed by atoms with Crippen molar-refractivity contribution in [1.82, 2.24) is 14.8 Å². The lowest BCUT2D eigenvalue weighted by Gasteiger charge is -1.93. The molecule has 1 aromatic rings. The van der Waals surface area contributed by atoms with Crippen LogP contribution in [0.1, 0.15) is 10.8 Å². The summed E-state index contributed by atoms with van der Waals surface area (Å²) >= 11 is 1.40. The van der Waals surface area contributed by atoms with Crippen molar-refractivity contribution >= 4 is 11.5 Å². The van der Waals surface area contributed by atoms with E-state index in [0.717, 1.165) is 10.8 Å². The fraction of sp³-hybridized carbons (Fsp3) is 0.600. The normalized spacial score (nSPS) is 10.2. The Balaban J connectivity index is 2.42. The van der Waals surface area contributed by atoms with Crippen LogP contribution in [0, 0.1) is 6.92 Å². The highest BCUT2D eigenvalue weighted by Crippen LogP contribution is 2.00. The molecule has 0 amide bonds. The van der Waals surface area contributed by atoms with Crippen LogP contribution in [0.5, 0.6) is 0 Å². The standard InChI is InChI=1S/C5H9N3OS/c1-4-7-5(8-10-4)3-6-9-2/h6H,3H2,1-2H3. The van der Waals surface area contributed by atoms with E-state index in [9.17, 15) is 0 Å². The molecule has 0 saturated carbocycles. The second kappa shape index (κ2) is 3.60. The average Bonchev–Trinajstić information content (AvgIpc) is 2.31. The van der Waals surface area contributed by atoms with E-state index in [1.54, 1.807) is 7.11 Å². The van der Waals surface area contributed by atoms with Gasteiger partial charge in [0.05, 0.1) is 13.7 Å². The third-order valence-electron chi connectivity index (χ3n) is 0.944. The summed E-state index contributed by atoms with van der Waals surface area (Å²) in [6.45, 7) is 2.49. The first-order valence-corrected chi connectivity index (χ1v) is 3.65. The molecule has 56 valence electrons. The molecule has 0 fully saturated rings. The lowest BCUT2D eigenvalue weighted by Crippen LogP contribution is -2.11. The predicted octanol–water partition coefficient (Wildman–Crippen LogP) is 0.498. The number of hydrogen-bond donors (Lipinski definition) is 1. The van der Waals surface area contributed by atoms with Crippen LogP contribution in [0.4, 0.5) is 0 Å². The fourth-order valence-corrected chi connectivity index (χ4v) is 1.04. The molecule has 1 N–H and O–H groups in total. The Kier molecular flexibility index (Phi) is 2.73. The molecule has 0 saturated heterocycles. The van der Waals surface area contributed by atoms with Crippen molar-refractivity contribution in [1.29, 1.82) is 0 Å². The van der Waals surface area contributed by atoms with Gasteiger partial charge in [0.1, 0.15) is 5.01 Å². The zero-order valence-electron chi connectivity index (χ0n) is 5.92. The van der Waals surface area contributed by atoms with Crippen molar-refractivity contribution < 1.29 is 4.84 Å². The number of hydrogen-bond acceptors (Lipinski definition) is 5. The summed E-state index contributed by atoms with van der Waals surface area (Å²) in [6, 6.07) is 0. The molecule has 0 aliphatic heterocycles. The van der Waals surface area contributed by atoms with Crippen LogP contribution in [0.3, 0.4) is 0 Å². The molecular formula is C5H9N3OS. The van der Waals surface area contributed by atoms with Crippen molar-refractivity contribution in [3.63, 3.8) is 0 Å². The Hall–Kier alpha value is -0.520. The summed E-state index contributed by atoms with van der Waals surface area (Å²) < 4.78 is 4.04. The van der Waals surface area contributed by atoms with Crippen LogP contribution >= 0.6 is 11.5 Å². The predicted molar refractivity (Wildman–Crippen MR) is 38.5 cm³/mol. The van der Waals surface area contributed by atoms with Crippen LogP contribution < -0.4 is 5.48 Å². The summed E-state index contributed by atoms with van der Waals surface area (Å²) in [5.41, 5.74) is 2.66. The molecule has 0 aliphatic carbocycles. The molecule has 5 heteroatoms. The minimum absolute atomic E-state index is 0.570. The Morgan fingerprint density at radius 2 is 2.50 bits per heavy atom. The maximum absolute atomic E-state index is 4.63. The topological polar surface area (TPSA) is 47.0 Å². The quantitative estimate of drug-likeness (QED) is 0.652. The number of aromatic nitrogens is 2. The van der Waals surface area contributed by atoms with Crippen LogP contribution in [-0.4, -0.2) is 16.5 Å². The molecule has 0 bridgehead atoms. The van der Waals surface area contributed by atoms with Crippen molar-refractivity contribution in [3.05, 3.63) is 10.8 Å². The van der Waals surface area contributed by atoms with Gasteiger partial charge in [-0.05, 0) is 18.5 Å². The van der Waals surface area contributed by atoms with Crippen LogP contribution in [0.2, 0.25) is 0 Å². The van der Waals surface area contributed by atoms with Gasteiger partial charge >= 0.3 is 0 Å². The number of hydroxylamine groups is 1. The smallest absolute Gasteiger partial charge is 0.158 e. The SMILES string of the molecule is CONCc1nsc(C)n1. The van der Waals surface area contributed by atoms with Gasteiger partial charge in [-0.15, -0.1) is 0 Å². The number of rotatable bonds is 3. The van der Waals surface area contributed by atoms with Crippen LogP contribution in [-0.2, 0) is 11.4 Å². The van der Waals surface area contributed by atoms with Gasteiger partial charge in [0, 0.05) is 0 Å². The molecule has 10 heavy (non-hydrogen) atoms. The summed E-state index contributed by atoms with van der Waals surface area (Å²) in [7, 11) is 1.57. The molecule has 1 rings (SSSR count). The maximum Gasteiger partial charge on any atom is 0.158 e. The van der Waals surface area contributed by atoms with Crippen molar-refractivity contribution in [2.75, 3.05) is 7.11 Å². The second-order valence-corrected chi connectivity index (χ2v) is 2.71. The van der Waals surface area contributed by atoms with Gasteiger partial charge in [-0.25, -0.2) is 4.98 Å². The number of aryl methyl sites for hydroxylation is 1. The van der Waals surface area contributed by atoms with Gasteiger partial charge in [0.15, 0.2) is 5.82 Å². The van der Waals surface area contributed by atoms with Gasteiger partial charge < -0.3 is 4.84 Å². The van der Waals surface area contributed by atoms with Crippen molar-refractivity contribution in [2.45, 2.75) is 13.5 Å². The van der Waals surface area contributed by atoms with Gasteiger partial charge in [-0.3, -0.25) is 0 Å². The Morgan fingerprint density at radius 3 is 3.00 bits per heavy atom. The van der Waals surface area contributed by atoms with Gasteiger partial charge in [-0.2, -0.15) is 9.85 Å². The summed E-state index contributed by atoms with van der Waals surface area (Å²) in [4.78, 5) is 8.74. The van der Waals surface area contributed by atoms with E-state index in [4.69, 9.17) is 0 Å². The molecule has 4 nitrogen and oxygen atoms in total.